The van der Waals surface area contributed by atoms with Crippen molar-refractivity contribution in [1.82, 2.24) is 10.3 Å². The van der Waals surface area contributed by atoms with Crippen molar-refractivity contribution in [2.75, 3.05) is 6.54 Å². The van der Waals surface area contributed by atoms with Gasteiger partial charge in [0, 0.05) is 17.6 Å². The molecule has 1 heterocycles. The van der Waals surface area contributed by atoms with E-state index in [-0.39, 0.29) is 0 Å². The predicted octanol–water partition coefficient (Wildman–Crippen LogP) is 3.95. The number of fused-ring (bicyclic) bond motifs is 1. The summed E-state index contributed by atoms with van der Waals surface area (Å²) in [5.41, 5.74) is 2.60. The number of benzene rings is 1. The van der Waals surface area contributed by atoms with E-state index in [9.17, 15) is 0 Å². The smallest absolute Gasteiger partial charge is 0.0704 e. The van der Waals surface area contributed by atoms with Gasteiger partial charge < -0.3 is 5.32 Å². The van der Waals surface area contributed by atoms with E-state index in [0.29, 0.717) is 0 Å². The molecule has 2 nitrogen and oxygen atoms in total. The fourth-order valence-electron chi connectivity index (χ4n) is 3.59. The number of rotatable bonds is 4. The largest absolute Gasteiger partial charge is 0.314 e. The molecular formula is C18H24N2. The van der Waals surface area contributed by atoms with E-state index >= 15 is 0 Å². The maximum absolute atomic E-state index is 4.47. The molecule has 1 aromatic heterocycles. The molecule has 2 unspecified atom stereocenters. The molecule has 0 spiro atoms. The highest BCUT2D eigenvalue weighted by molar-refractivity contribution is 5.81. The van der Waals surface area contributed by atoms with Crippen LogP contribution in [0.2, 0.25) is 0 Å². The maximum Gasteiger partial charge on any atom is 0.0704 e. The average molecular weight is 268 g/mol. The lowest BCUT2D eigenvalue weighted by Gasteiger charge is -2.30. The van der Waals surface area contributed by atoms with Gasteiger partial charge in [0.25, 0.3) is 0 Å². The Morgan fingerprint density at radius 3 is 3.00 bits per heavy atom. The van der Waals surface area contributed by atoms with Crippen LogP contribution in [0.1, 0.15) is 38.2 Å². The third-order valence-corrected chi connectivity index (χ3v) is 4.52. The zero-order valence-corrected chi connectivity index (χ0v) is 12.3. The third-order valence-electron chi connectivity index (χ3n) is 4.52. The molecule has 106 valence electrons. The monoisotopic (exact) mass is 268 g/mol. The van der Waals surface area contributed by atoms with Crippen LogP contribution in [-0.2, 0) is 6.42 Å². The Bertz CT molecular complexity index is 557. The zero-order valence-electron chi connectivity index (χ0n) is 12.3. The minimum atomic E-state index is 0.729. The van der Waals surface area contributed by atoms with E-state index in [0.717, 1.165) is 24.0 Å². The van der Waals surface area contributed by atoms with Crippen molar-refractivity contribution in [2.24, 2.45) is 5.92 Å². The van der Waals surface area contributed by atoms with E-state index in [2.05, 4.69) is 47.6 Å². The Hall–Kier alpha value is -1.41. The molecule has 1 N–H and O–H groups in total. The summed E-state index contributed by atoms with van der Waals surface area (Å²) in [5.74, 6) is 0.818. The van der Waals surface area contributed by atoms with Crippen LogP contribution < -0.4 is 5.32 Å². The molecule has 0 aliphatic heterocycles. The van der Waals surface area contributed by atoms with Gasteiger partial charge in [-0.15, -0.1) is 0 Å². The van der Waals surface area contributed by atoms with Gasteiger partial charge >= 0.3 is 0 Å². The lowest BCUT2D eigenvalue weighted by Crippen LogP contribution is -2.34. The van der Waals surface area contributed by atoms with Crippen LogP contribution in [-0.4, -0.2) is 17.6 Å². The van der Waals surface area contributed by atoms with E-state index < -0.39 is 0 Å². The van der Waals surface area contributed by atoms with Gasteiger partial charge in [0.05, 0.1) is 5.52 Å². The van der Waals surface area contributed by atoms with Gasteiger partial charge in [-0.05, 0) is 49.4 Å². The minimum Gasteiger partial charge on any atom is -0.314 e. The lowest BCUT2D eigenvalue weighted by molar-refractivity contribution is 0.287. The molecule has 1 aromatic carbocycles. The summed E-state index contributed by atoms with van der Waals surface area (Å²) in [7, 11) is 0. The molecule has 1 saturated carbocycles. The van der Waals surface area contributed by atoms with Gasteiger partial charge in [0.2, 0.25) is 0 Å². The molecule has 2 heteroatoms. The summed E-state index contributed by atoms with van der Waals surface area (Å²) in [5, 5.41) is 4.96. The summed E-state index contributed by atoms with van der Waals surface area (Å²) in [6.45, 7) is 3.30. The van der Waals surface area contributed by atoms with E-state index in [1.807, 2.05) is 6.20 Å². The third kappa shape index (κ3) is 3.01. The molecule has 0 radical (unpaired) electrons. The van der Waals surface area contributed by atoms with Crippen molar-refractivity contribution in [3.05, 3.63) is 42.1 Å². The Kier molecular flexibility index (Phi) is 4.31. The fraction of sp³-hybridized carbons (Fsp3) is 0.500. The van der Waals surface area contributed by atoms with Crippen molar-refractivity contribution >= 4 is 10.9 Å². The van der Waals surface area contributed by atoms with E-state index in [4.69, 9.17) is 0 Å². The number of hydrogen-bond acceptors (Lipinski definition) is 2. The van der Waals surface area contributed by atoms with Gasteiger partial charge in [-0.25, -0.2) is 0 Å². The average Bonchev–Trinajstić information content (AvgIpc) is 2.48. The number of nitrogens with zero attached hydrogens (tertiary/aromatic N) is 1. The molecule has 1 fully saturated rings. The first kappa shape index (κ1) is 13.6. The summed E-state index contributed by atoms with van der Waals surface area (Å²) in [6, 6.07) is 11.5. The first-order chi connectivity index (χ1) is 9.86. The lowest BCUT2D eigenvalue weighted by atomic mass is 9.81. The Labute approximate surface area is 121 Å². The van der Waals surface area contributed by atoms with Crippen molar-refractivity contribution in [3.8, 4) is 0 Å². The predicted molar refractivity (Wildman–Crippen MR) is 84.9 cm³/mol. The molecule has 3 rings (SSSR count). The van der Waals surface area contributed by atoms with Crippen LogP contribution in [0.25, 0.3) is 10.9 Å². The molecular weight excluding hydrogens is 244 g/mol. The van der Waals surface area contributed by atoms with Crippen LogP contribution >= 0.6 is 0 Å². The van der Waals surface area contributed by atoms with Crippen LogP contribution in [0.15, 0.2) is 36.5 Å². The number of para-hydroxylation sites is 1. The van der Waals surface area contributed by atoms with Crippen molar-refractivity contribution in [3.63, 3.8) is 0 Å². The Morgan fingerprint density at radius 2 is 2.10 bits per heavy atom. The second-order valence-electron chi connectivity index (χ2n) is 5.98. The van der Waals surface area contributed by atoms with E-state index in [1.54, 1.807) is 0 Å². The highest BCUT2D eigenvalue weighted by Gasteiger charge is 2.21. The normalized spacial score (nSPS) is 23.1. The maximum atomic E-state index is 4.47. The molecule has 1 aliphatic rings. The number of pyridine rings is 1. The summed E-state index contributed by atoms with van der Waals surface area (Å²) >= 11 is 0. The highest BCUT2D eigenvalue weighted by atomic mass is 14.9. The second kappa shape index (κ2) is 6.36. The summed E-state index contributed by atoms with van der Waals surface area (Å²) in [6.07, 6.45) is 8.57. The standard InChI is InChI=1S/C18H24N2/c1-2-19-16-7-5-6-14(13-16)12-15-10-11-20-18-9-4-3-8-17(15)18/h3-4,8-11,14,16,19H,2,5-7,12-13H2,1H3. The Balaban J connectivity index is 1.76. The first-order valence-corrected chi connectivity index (χ1v) is 7.93. The van der Waals surface area contributed by atoms with Crippen LogP contribution in [0, 0.1) is 5.92 Å². The first-order valence-electron chi connectivity index (χ1n) is 7.93. The second-order valence-corrected chi connectivity index (χ2v) is 5.98. The van der Waals surface area contributed by atoms with Crippen LogP contribution in [0.5, 0.6) is 0 Å². The van der Waals surface area contributed by atoms with Gasteiger partial charge in [-0.3, -0.25) is 4.98 Å². The number of hydrogen-bond donors (Lipinski definition) is 1. The summed E-state index contributed by atoms with van der Waals surface area (Å²) in [4.78, 5) is 4.47. The molecule has 1 aliphatic carbocycles. The van der Waals surface area contributed by atoms with Crippen molar-refractivity contribution in [2.45, 2.75) is 45.1 Å². The van der Waals surface area contributed by atoms with Gasteiger partial charge in [-0.1, -0.05) is 38.0 Å². The van der Waals surface area contributed by atoms with Gasteiger partial charge in [0.1, 0.15) is 0 Å². The highest BCUT2D eigenvalue weighted by Crippen LogP contribution is 2.29. The molecule has 2 aromatic rings. The fourth-order valence-corrected chi connectivity index (χ4v) is 3.59. The molecule has 20 heavy (non-hydrogen) atoms. The van der Waals surface area contributed by atoms with Gasteiger partial charge in [0.15, 0.2) is 0 Å². The van der Waals surface area contributed by atoms with Crippen LogP contribution in [0.4, 0.5) is 0 Å². The molecule has 0 amide bonds. The Morgan fingerprint density at radius 1 is 1.20 bits per heavy atom. The van der Waals surface area contributed by atoms with Crippen LogP contribution in [0.3, 0.4) is 0 Å². The minimum absolute atomic E-state index is 0.729. The molecule has 0 bridgehead atoms. The quantitative estimate of drug-likeness (QED) is 0.908. The van der Waals surface area contributed by atoms with Crippen molar-refractivity contribution < 1.29 is 0 Å². The number of aromatic nitrogens is 1. The topological polar surface area (TPSA) is 24.9 Å². The van der Waals surface area contributed by atoms with Crippen molar-refractivity contribution in [1.29, 1.82) is 0 Å². The van der Waals surface area contributed by atoms with E-state index in [1.165, 1.54) is 43.1 Å². The summed E-state index contributed by atoms with van der Waals surface area (Å²) < 4.78 is 0. The van der Waals surface area contributed by atoms with Gasteiger partial charge in [-0.2, -0.15) is 0 Å². The molecule has 2 atom stereocenters. The molecule has 0 saturated heterocycles. The zero-order chi connectivity index (χ0) is 13.8. The SMILES string of the molecule is CCNC1CCCC(Cc2ccnc3ccccc23)C1. The number of nitrogens with one attached hydrogen (secondary N) is 1.